The van der Waals surface area contributed by atoms with Gasteiger partial charge in [-0.1, -0.05) is 303 Å². The average Bonchev–Trinajstić information content (AvgIpc) is 3.38. The molecule has 6 atom stereocenters. The molecule has 442 valence electrons. The van der Waals surface area contributed by atoms with Gasteiger partial charge in [0, 0.05) is 13.0 Å². The van der Waals surface area contributed by atoms with Gasteiger partial charge in [-0.05, 0) is 12.8 Å². The van der Waals surface area contributed by atoms with Crippen LogP contribution in [0.2, 0.25) is 0 Å². The van der Waals surface area contributed by atoms with Crippen molar-refractivity contribution in [1.82, 2.24) is 0 Å². The molecule has 1 heterocycles. The lowest BCUT2D eigenvalue weighted by molar-refractivity contribution is -0.301. The van der Waals surface area contributed by atoms with Crippen LogP contribution in [0, 0.1) is 0 Å². The molecule has 1 rings (SSSR count). The van der Waals surface area contributed by atoms with Crippen molar-refractivity contribution in [2.24, 2.45) is 0 Å². The minimum Gasteiger partial charge on any atom is -0.457 e. The van der Waals surface area contributed by atoms with E-state index in [1.165, 1.54) is 257 Å². The highest BCUT2D eigenvalue weighted by atomic mass is 32.3. The zero-order valence-corrected chi connectivity index (χ0v) is 49.0. The van der Waals surface area contributed by atoms with Gasteiger partial charge in [-0.25, -0.2) is 4.18 Å². The number of carbonyl (C=O) groups is 1. The molecule has 13 heteroatoms. The highest BCUT2D eigenvalue weighted by molar-refractivity contribution is 7.80. The maximum absolute atomic E-state index is 13.0. The summed E-state index contributed by atoms with van der Waals surface area (Å²) in [5, 5.41) is 30.9. The summed E-state index contributed by atoms with van der Waals surface area (Å²) in [4.78, 5) is 13.0. The van der Waals surface area contributed by atoms with Crippen LogP contribution in [-0.4, -0.2) is 97.5 Å². The van der Waals surface area contributed by atoms with Crippen molar-refractivity contribution in [1.29, 1.82) is 0 Å². The van der Waals surface area contributed by atoms with E-state index in [2.05, 4.69) is 18.0 Å². The highest BCUT2D eigenvalue weighted by Crippen LogP contribution is 2.26. The minimum atomic E-state index is -5.06. The first-order chi connectivity index (χ1) is 36.1. The van der Waals surface area contributed by atoms with Gasteiger partial charge in [0.05, 0.1) is 19.8 Å². The van der Waals surface area contributed by atoms with Gasteiger partial charge in [-0.2, -0.15) is 8.42 Å². The topological polar surface area (TPSA) is 178 Å². The first-order valence-corrected chi connectivity index (χ1v) is 33.2. The third-order valence-electron chi connectivity index (χ3n) is 15.2. The number of hydrogen-bond donors (Lipinski definition) is 4. The van der Waals surface area contributed by atoms with Gasteiger partial charge in [0.15, 0.2) is 6.29 Å². The number of aliphatic hydroxyl groups excluding tert-OH is 3. The SMILES string of the molecule is CCCCCCCCCCCCCCCCCCCCCCCCCCC(=O)OC(COCCCCCCCCCCCCCCCCCCCCCCCCC)COC1OC(CO)C(O)C(OS(=O)(=O)O)C1O. The summed E-state index contributed by atoms with van der Waals surface area (Å²) in [6.45, 7) is 4.10. The molecule has 0 bridgehead atoms. The molecule has 0 aromatic carbocycles. The van der Waals surface area contributed by atoms with Crippen LogP contribution in [0.4, 0.5) is 0 Å². The molecule has 6 unspecified atom stereocenters. The molecule has 0 spiro atoms. The van der Waals surface area contributed by atoms with E-state index in [1.807, 2.05) is 0 Å². The molecule has 0 amide bonds. The summed E-state index contributed by atoms with van der Waals surface area (Å²) < 4.78 is 59.6. The first kappa shape index (κ1) is 71.1. The van der Waals surface area contributed by atoms with Gasteiger partial charge in [0.2, 0.25) is 0 Å². The smallest absolute Gasteiger partial charge is 0.397 e. The Labute approximate surface area is 456 Å². The Balaban J connectivity index is 2.23. The Hall–Kier alpha value is -0.900. The molecule has 1 saturated heterocycles. The van der Waals surface area contributed by atoms with E-state index in [4.69, 9.17) is 18.9 Å². The summed E-state index contributed by atoms with van der Waals surface area (Å²) in [7, 11) is -5.06. The number of ether oxygens (including phenoxy) is 4. The largest absolute Gasteiger partial charge is 0.457 e. The fourth-order valence-electron chi connectivity index (χ4n) is 10.4. The second-order valence-electron chi connectivity index (χ2n) is 22.4. The van der Waals surface area contributed by atoms with Gasteiger partial charge < -0.3 is 34.3 Å². The zero-order valence-electron chi connectivity index (χ0n) is 48.2. The lowest BCUT2D eigenvalue weighted by Crippen LogP contribution is -2.60. The number of unbranched alkanes of at least 4 members (excludes halogenated alkanes) is 45. The lowest BCUT2D eigenvalue weighted by Gasteiger charge is -2.41. The lowest BCUT2D eigenvalue weighted by atomic mass is 9.99. The molecule has 0 saturated carbocycles. The molecule has 0 aromatic rings. The van der Waals surface area contributed by atoms with Crippen LogP contribution in [0.1, 0.15) is 322 Å². The van der Waals surface area contributed by atoms with E-state index in [9.17, 15) is 33.1 Å². The standard InChI is InChI=1S/C61H120O12S/c1-3-5-7-9-11-13-15-17-19-21-23-25-27-28-30-32-34-36-38-40-42-44-46-48-50-57(63)71-55(54-70-61-59(65)60(73-74(66,67)68)58(64)56(52-62)72-61)53-69-51-49-47-45-43-41-39-37-35-33-31-29-26-24-22-20-18-16-14-12-10-8-6-4-2/h55-56,58-62,64-65H,3-54H2,1-2H3,(H,66,67,68). The van der Waals surface area contributed by atoms with Gasteiger partial charge >= 0.3 is 16.4 Å². The quantitative estimate of drug-likeness (QED) is 0.0258. The second-order valence-corrected chi connectivity index (χ2v) is 23.4. The average molecular weight is 1080 g/mol. The number of hydrogen-bond acceptors (Lipinski definition) is 11. The number of carbonyl (C=O) groups excluding carboxylic acids is 1. The zero-order chi connectivity index (χ0) is 53.8. The minimum absolute atomic E-state index is 0.0459. The number of aliphatic hydroxyl groups is 3. The maximum Gasteiger partial charge on any atom is 0.397 e. The van der Waals surface area contributed by atoms with Crippen LogP contribution in [0.25, 0.3) is 0 Å². The molecule has 12 nitrogen and oxygen atoms in total. The summed E-state index contributed by atoms with van der Waals surface area (Å²) in [6, 6.07) is 0. The van der Waals surface area contributed by atoms with Crippen LogP contribution in [0.3, 0.4) is 0 Å². The molecule has 1 fully saturated rings. The van der Waals surface area contributed by atoms with Crippen LogP contribution in [-0.2, 0) is 38.3 Å². The Morgan fingerprint density at radius 3 is 1.08 bits per heavy atom. The van der Waals surface area contributed by atoms with Crippen molar-refractivity contribution in [3.8, 4) is 0 Å². The maximum atomic E-state index is 13.0. The summed E-state index contributed by atoms with van der Waals surface area (Å²) in [5.41, 5.74) is 0. The number of esters is 1. The molecule has 0 aromatic heterocycles. The molecular weight excluding hydrogens is 957 g/mol. The van der Waals surface area contributed by atoms with Crippen molar-refractivity contribution in [2.75, 3.05) is 26.4 Å². The molecule has 74 heavy (non-hydrogen) atoms. The third-order valence-corrected chi connectivity index (χ3v) is 15.7. The Morgan fingerprint density at radius 1 is 0.459 bits per heavy atom. The molecule has 1 aliphatic rings. The predicted octanol–water partition coefficient (Wildman–Crippen LogP) is 16.3. The summed E-state index contributed by atoms with van der Waals surface area (Å²) in [6.07, 6.45) is 53.0. The van der Waals surface area contributed by atoms with E-state index >= 15 is 0 Å². The van der Waals surface area contributed by atoms with Crippen LogP contribution >= 0.6 is 0 Å². The Bertz CT molecular complexity index is 1290. The summed E-state index contributed by atoms with van der Waals surface area (Å²) in [5.74, 6) is -0.387. The first-order valence-electron chi connectivity index (χ1n) is 31.8. The van der Waals surface area contributed by atoms with Crippen LogP contribution < -0.4 is 0 Å². The fourth-order valence-corrected chi connectivity index (χ4v) is 11.0. The van der Waals surface area contributed by atoms with E-state index in [-0.39, 0.29) is 25.6 Å². The summed E-state index contributed by atoms with van der Waals surface area (Å²) >= 11 is 0. The molecule has 0 aliphatic carbocycles. The van der Waals surface area contributed by atoms with E-state index in [1.54, 1.807) is 0 Å². The van der Waals surface area contributed by atoms with E-state index < -0.39 is 53.8 Å². The van der Waals surface area contributed by atoms with Gasteiger partial charge in [0.1, 0.15) is 30.5 Å². The fraction of sp³-hybridized carbons (Fsp3) is 0.984. The highest BCUT2D eigenvalue weighted by Gasteiger charge is 2.48. The van der Waals surface area contributed by atoms with Gasteiger partial charge in [-0.3, -0.25) is 9.35 Å². The second kappa shape index (κ2) is 52.8. The van der Waals surface area contributed by atoms with Crippen molar-refractivity contribution in [2.45, 2.75) is 359 Å². The van der Waals surface area contributed by atoms with Gasteiger partial charge in [0.25, 0.3) is 0 Å². The van der Waals surface area contributed by atoms with E-state index in [0.29, 0.717) is 13.0 Å². The molecular formula is C61H120O12S. The van der Waals surface area contributed by atoms with Crippen LogP contribution in [0.5, 0.6) is 0 Å². The molecule has 0 radical (unpaired) electrons. The van der Waals surface area contributed by atoms with Crippen molar-refractivity contribution in [3.05, 3.63) is 0 Å². The molecule has 4 N–H and O–H groups in total. The Morgan fingerprint density at radius 2 is 0.770 bits per heavy atom. The predicted molar refractivity (Wildman–Crippen MR) is 304 cm³/mol. The van der Waals surface area contributed by atoms with Crippen molar-refractivity contribution < 1.29 is 56.2 Å². The monoisotopic (exact) mass is 1080 g/mol. The molecule has 1 aliphatic heterocycles. The Kier molecular flexibility index (Phi) is 50.7. The van der Waals surface area contributed by atoms with E-state index in [0.717, 1.165) is 38.5 Å². The van der Waals surface area contributed by atoms with Crippen LogP contribution in [0.15, 0.2) is 0 Å². The van der Waals surface area contributed by atoms with Crippen molar-refractivity contribution >= 4 is 16.4 Å². The number of rotatable bonds is 58. The normalized spacial score (nSPS) is 18.6. The van der Waals surface area contributed by atoms with Crippen molar-refractivity contribution in [3.63, 3.8) is 0 Å². The third kappa shape index (κ3) is 45.0. The van der Waals surface area contributed by atoms with Gasteiger partial charge in [-0.15, -0.1) is 0 Å².